The maximum atomic E-state index is 12.8. The van der Waals surface area contributed by atoms with Crippen LogP contribution >= 0.6 is 0 Å². The number of ether oxygens (including phenoxy) is 1. The fourth-order valence-corrected chi connectivity index (χ4v) is 3.98. The van der Waals surface area contributed by atoms with Crippen LogP contribution in [-0.2, 0) is 9.53 Å². The minimum atomic E-state index is -0.476. The maximum absolute atomic E-state index is 12.8. The summed E-state index contributed by atoms with van der Waals surface area (Å²) in [5.74, 6) is 0.787. The number of rotatable bonds is 1. The van der Waals surface area contributed by atoms with Crippen molar-refractivity contribution < 1.29 is 14.3 Å². The number of likely N-dealkylation sites (tertiary alicyclic amines) is 2. The smallest absolute Gasteiger partial charge is 0.410 e. The summed E-state index contributed by atoms with van der Waals surface area (Å²) in [6.45, 7) is 7.82. The van der Waals surface area contributed by atoms with E-state index in [-0.39, 0.29) is 24.0 Å². The molecule has 0 bridgehead atoms. The first-order valence-electron chi connectivity index (χ1n) is 8.78. The van der Waals surface area contributed by atoms with Crippen molar-refractivity contribution in [2.45, 2.75) is 58.1 Å². The van der Waals surface area contributed by atoms with Crippen molar-refractivity contribution in [3.63, 3.8) is 0 Å². The fraction of sp³-hybridized carbons (Fsp3) is 0.778. The van der Waals surface area contributed by atoms with Crippen LogP contribution in [0.3, 0.4) is 0 Å². The van der Waals surface area contributed by atoms with E-state index < -0.39 is 5.60 Å². The second-order valence-corrected chi connectivity index (χ2v) is 8.03. The quantitative estimate of drug-likeness (QED) is 0.698. The molecule has 2 atom stereocenters. The number of carbonyl (C=O) groups is 2. The summed E-state index contributed by atoms with van der Waals surface area (Å²) in [6.07, 6.45) is 7.82. The molecular formula is C18H28N2O3. The molecule has 3 aliphatic rings. The first-order valence-corrected chi connectivity index (χ1v) is 8.78. The van der Waals surface area contributed by atoms with Crippen molar-refractivity contribution in [3.05, 3.63) is 12.2 Å². The summed E-state index contributed by atoms with van der Waals surface area (Å²) in [5.41, 5.74) is -0.476. The third kappa shape index (κ3) is 3.54. The molecule has 23 heavy (non-hydrogen) atoms. The molecule has 2 saturated heterocycles. The highest BCUT2D eigenvalue weighted by Gasteiger charge is 2.44. The van der Waals surface area contributed by atoms with Crippen molar-refractivity contribution in [2.24, 2.45) is 11.8 Å². The first kappa shape index (κ1) is 16.3. The van der Waals surface area contributed by atoms with E-state index in [0.29, 0.717) is 19.0 Å². The molecule has 0 spiro atoms. The molecule has 2 amide bonds. The number of carbonyl (C=O) groups excluding carboxylic acids is 2. The summed E-state index contributed by atoms with van der Waals surface area (Å²) in [7, 11) is 0. The number of amides is 2. The van der Waals surface area contributed by atoms with E-state index in [1.54, 1.807) is 4.90 Å². The molecule has 1 aliphatic carbocycles. The van der Waals surface area contributed by atoms with Gasteiger partial charge in [0.15, 0.2) is 0 Å². The lowest BCUT2D eigenvalue weighted by Gasteiger charge is -2.38. The van der Waals surface area contributed by atoms with E-state index >= 15 is 0 Å². The Morgan fingerprint density at radius 3 is 2.48 bits per heavy atom. The number of fused-ring (bicyclic) bond motifs is 1. The standard InChI is InChI=1S/C18H28N2O3/c1-18(2,3)23-17(22)19-11-14-9-6-10-20(15(14)12-19)16(21)13-7-4-5-8-13/h4-5,13-15H,6-12H2,1-3H3/t14-,15+/m1/s1. The van der Waals surface area contributed by atoms with Crippen LogP contribution in [0.25, 0.3) is 0 Å². The monoisotopic (exact) mass is 320 g/mol. The Hall–Kier alpha value is -1.52. The molecule has 0 aromatic rings. The molecule has 2 aliphatic heterocycles. The van der Waals surface area contributed by atoms with Crippen LogP contribution in [0.15, 0.2) is 12.2 Å². The summed E-state index contributed by atoms with van der Waals surface area (Å²) in [4.78, 5) is 29.0. The van der Waals surface area contributed by atoms with Gasteiger partial charge in [0.1, 0.15) is 5.60 Å². The Balaban J connectivity index is 1.65. The van der Waals surface area contributed by atoms with Crippen LogP contribution in [0.1, 0.15) is 46.5 Å². The Labute approximate surface area is 138 Å². The van der Waals surface area contributed by atoms with Gasteiger partial charge in [0.25, 0.3) is 0 Å². The molecule has 0 radical (unpaired) electrons. The molecule has 0 unspecified atom stereocenters. The number of nitrogens with zero attached hydrogens (tertiary/aromatic N) is 2. The van der Waals surface area contributed by atoms with Crippen LogP contribution in [0, 0.1) is 11.8 Å². The van der Waals surface area contributed by atoms with Gasteiger partial charge in [-0.15, -0.1) is 0 Å². The molecule has 3 rings (SSSR count). The van der Waals surface area contributed by atoms with Gasteiger partial charge >= 0.3 is 6.09 Å². The van der Waals surface area contributed by atoms with Gasteiger partial charge in [-0.2, -0.15) is 0 Å². The van der Waals surface area contributed by atoms with E-state index in [1.807, 2.05) is 20.8 Å². The normalized spacial score (nSPS) is 28.1. The van der Waals surface area contributed by atoms with E-state index in [1.165, 1.54) is 0 Å². The maximum Gasteiger partial charge on any atom is 0.410 e. The van der Waals surface area contributed by atoms with Crippen molar-refractivity contribution >= 4 is 12.0 Å². The Bertz CT molecular complexity index is 501. The van der Waals surface area contributed by atoms with Gasteiger partial charge in [-0.05, 0) is 52.4 Å². The number of piperidine rings is 1. The molecule has 5 heteroatoms. The van der Waals surface area contributed by atoms with Gasteiger partial charge in [0.2, 0.25) is 5.91 Å². The van der Waals surface area contributed by atoms with E-state index in [4.69, 9.17) is 4.74 Å². The topological polar surface area (TPSA) is 49.9 Å². The molecule has 5 nitrogen and oxygen atoms in total. The van der Waals surface area contributed by atoms with Gasteiger partial charge in [-0.25, -0.2) is 4.79 Å². The van der Waals surface area contributed by atoms with E-state index in [2.05, 4.69) is 17.1 Å². The number of hydrogen-bond acceptors (Lipinski definition) is 3. The fourth-order valence-electron chi connectivity index (χ4n) is 3.98. The summed E-state index contributed by atoms with van der Waals surface area (Å²) < 4.78 is 5.50. The Morgan fingerprint density at radius 1 is 1.13 bits per heavy atom. The van der Waals surface area contributed by atoms with Crippen LogP contribution in [-0.4, -0.2) is 53.1 Å². The molecular weight excluding hydrogens is 292 g/mol. The molecule has 2 fully saturated rings. The summed E-state index contributed by atoms with van der Waals surface area (Å²) >= 11 is 0. The zero-order chi connectivity index (χ0) is 16.6. The third-order valence-corrected chi connectivity index (χ3v) is 5.07. The third-order valence-electron chi connectivity index (χ3n) is 5.07. The minimum absolute atomic E-state index is 0.115. The van der Waals surface area contributed by atoms with Crippen molar-refractivity contribution in [3.8, 4) is 0 Å². The van der Waals surface area contributed by atoms with Crippen LogP contribution in [0.2, 0.25) is 0 Å². The Kier molecular flexibility index (Phi) is 4.39. The second kappa shape index (κ2) is 6.17. The molecule has 2 heterocycles. The summed E-state index contributed by atoms with van der Waals surface area (Å²) in [6, 6.07) is 0.171. The number of hydrogen-bond donors (Lipinski definition) is 0. The largest absolute Gasteiger partial charge is 0.444 e. The molecule has 0 aromatic heterocycles. The van der Waals surface area contributed by atoms with Gasteiger partial charge in [0, 0.05) is 25.6 Å². The van der Waals surface area contributed by atoms with E-state index in [9.17, 15) is 9.59 Å². The average molecular weight is 320 g/mol. The Morgan fingerprint density at radius 2 is 1.83 bits per heavy atom. The SMILES string of the molecule is CC(C)(C)OC(=O)N1C[C@H]2CCCN(C(=O)C3CC=CC3)[C@H]2C1. The minimum Gasteiger partial charge on any atom is -0.444 e. The van der Waals surface area contributed by atoms with Gasteiger partial charge < -0.3 is 14.5 Å². The van der Waals surface area contributed by atoms with Gasteiger partial charge in [-0.3, -0.25) is 4.79 Å². The highest BCUT2D eigenvalue weighted by atomic mass is 16.6. The van der Waals surface area contributed by atoms with Crippen LogP contribution < -0.4 is 0 Å². The highest BCUT2D eigenvalue weighted by Crippen LogP contribution is 2.33. The van der Waals surface area contributed by atoms with Gasteiger partial charge in [0.05, 0.1) is 6.04 Å². The molecule has 0 aromatic carbocycles. The van der Waals surface area contributed by atoms with Crippen molar-refractivity contribution in [1.29, 1.82) is 0 Å². The molecule has 0 N–H and O–H groups in total. The molecule has 128 valence electrons. The predicted molar refractivity (Wildman–Crippen MR) is 87.9 cm³/mol. The van der Waals surface area contributed by atoms with Crippen LogP contribution in [0.5, 0.6) is 0 Å². The van der Waals surface area contributed by atoms with E-state index in [0.717, 1.165) is 32.2 Å². The highest BCUT2D eigenvalue weighted by molar-refractivity contribution is 5.80. The van der Waals surface area contributed by atoms with Gasteiger partial charge in [-0.1, -0.05) is 12.2 Å². The zero-order valence-corrected chi connectivity index (χ0v) is 14.5. The summed E-state index contributed by atoms with van der Waals surface area (Å²) in [5, 5.41) is 0. The average Bonchev–Trinajstić information content (AvgIpc) is 3.13. The van der Waals surface area contributed by atoms with Crippen LogP contribution in [0.4, 0.5) is 4.79 Å². The van der Waals surface area contributed by atoms with Crippen molar-refractivity contribution in [2.75, 3.05) is 19.6 Å². The second-order valence-electron chi connectivity index (χ2n) is 8.03. The van der Waals surface area contributed by atoms with Crippen molar-refractivity contribution in [1.82, 2.24) is 9.80 Å². The number of allylic oxidation sites excluding steroid dienone is 2. The predicted octanol–water partition coefficient (Wildman–Crippen LogP) is 2.81. The molecule has 0 saturated carbocycles. The lowest BCUT2D eigenvalue weighted by atomic mass is 9.90. The lowest BCUT2D eigenvalue weighted by molar-refractivity contribution is -0.139. The lowest BCUT2D eigenvalue weighted by Crippen LogP contribution is -2.50. The first-order chi connectivity index (χ1) is 10.8. The zero-order valence-electron chi connectivity index (χ0n) is 14.5.